The lowest BCUT2D eigenvalue weighted by Crippen LogP contribution is -2.02. The number of nitrogens with zero attached hydrogens (tertiary/aromatic N) is 2. The fraction of sp³-hybridized carbons (Fsp3) is 0.385. The molecule has 0 saturated heterocycles. The SMILES string of the molecule is Cc1ccccc1CCc1nnc(CCN)o1. The lowest BCUT2D eigenvalue weighted by atomic mass is 10.0. The van der Waals surface area contributed by atoms with Gasteiger partial charge in [-0.1, -0.05) is 24.3 Å². The predicted molar refractivity (Wildman–Crippen MR) is 65.6 cm³/mol. The van der Waals surface area contributed by atoms with Crippen LogP contribution < -0.4 is 5.73 Å². The Morgan fingerprint density at radius 1 is 1.06 bits per heavy atom. The third-order valence-corrected chi connectivity index (χ3v) is 2.74. The van der Waals surface area contributed by atoms with Gasteiger partial charge in [0.15, 0.2) is 0 Å². The van der Waals surface area contributed by atoms with Gasteiger partial charge in [-0.15, -0.1) is 10.2 Å². The normalized spacial score (nSPS) is 10.7. The summed E-state index contributed by atoms with van der Waals surface area (Å²) < 4.78 is 5.48. The van der Waals surface area contributed by atoms with Gasteiger partial charge in [-0.3, -0.25) is 0 Å². The van der Waals surface area contributed by atoms with Crippen molar-refractivity contribution in [3.8, 4) is 0 Å². The number of hydrogen-bond donors (Lipinski definition) is 1. The van der Waals surface area contributed by atoms with Crippen molar-refractivity contribution in [2.24, 2.45) is 5.73 Å². The Hall–Kier alpha value is -1.68. The maximum Gasteiger partial charge on any atom is 0.217 e. The number of benzene rings is 1. The van der Waals surface area contributed by atoms with Crippen LogP contribution in [0.15, 0.2) is 28.7 Å². The third kappa shape index (κ3) is 3.14. The van der Waals surface area contributed by atoms with Crippen molar-refractivity contribution in [1.29, 1.82) is 0 Å². The molecule has 0 atom stereocenters. The van der Waals surface area contributed by atoms with Crippen molar-refractivity contribution < 1.29 is 4.42 Å². The van der Waals surface area contributed by atoms with E-state index in [0.717, 1.165) is 12.8 Å². The van der Waals surface area contributed by atoms with E-state index in [1.807, 2.05) is 6.07 Å². The van der Waals surface area contributed by atoms with E-state index in [1.165, 1.54) is 11.1 Å². The van der Waals surface area contributed by atoms with Gasteiger partial charge in [0.25, 0.3) is 0 Å². The monoisotopic (exact) mass is 231 g/mol. The van der Waals surface area contributed by atoms with Crippen LogP contribution in [-0.4, -0.2) is 16.7 Å². The molecule has 0 spiro atoms. The highest BCUT2D eigenvalue weighted by molar-refractivity contribution is 5.25. The maximum atomic E-state index is 5.48. The minimum absolute atomic E-state index is 0.541. The van der Waals surface area contributed by atoms with Gasteiger partial charge in [0.05, 0.1) is 0 Å². The summed E-state index contributed by atoms with van der Waals surface area (Å²) in [5.74, 6) is 1.32. The van der Waals surface area contributed by atoms with Gasteiger partial charge in [0.2, 0.25) is 11.8 Å². The van der Waals surface area contributed by atoms with Crippen LogP contribution in [0.2, 0.25) is 0 Å². The Bertz CT molecular complexity index is 479. The van der Waals surface area contributed by atoms with E-state index in [1.54, 1.807) is 0 Å². The molecule has 4 nitrogen and oxygen atoms in total. The first-order valence-electron chi connectivity index (χ1n) is 5.85. The molecule has 1 aromatic heterocycles. The highest BCUT2D eigenvalue weighted by Crippen LogP contribution is 2.11. The van der Waals surface area contributed by atoms with E-state index in [9.17, 15) is 0 Å². The van der Waals surface area contributed by atoms with Crippen molar-refractivity contribution >= 4 is 0 Å². The highest BCUT2D eigenvalue weighted by Gasteiger charge is 2.06. The molecule has 0 aliphatic rings. The molecule has 0 saturated carbocycles. The average molecular weight is 231 g/mol. The largest absolute Gasteiger partial charge is 0.425 e. The van der Waals surface area contributed by atoms with E-state index < -0.39 is 0 Å². The summed E-state index contributed by atoms with van der Waals surface area (Å²) in [5.41, 5.74) is 8.05. The molecule has 4 heteroatoms. The minimum atomic E-state index is 0.541. The number of aromatic nitrogens is 2. The second-order valence-corrected chi connectivity index (χ2v) is 4.05. The first kappa shape index (κ1) is 11.8. The smallest absolute Gasteiger partial charge is 0.217 e. The van der Waals surface area contributed by atoms with Crippen molar-refractivity contribution in [3.63, 3.8) is 0 Å². The van der Waals surface area contributed by atoms with Crippen LogP contribution in [0.1, 0.15) is 22.9 Å². The molecule has 2 rings (SSSR count). The van der Waals surface area contributed by atoms with E-state index in [0.29, 0.717) is 24.7 Å². The van der Waals surface area contributed by atoms with Crippen LogP contribution in [0.3, 0.4) is 0 Å². The molecule has 17 heavy (non-hydrogen) atoms. The average Bonchev–Trinajstić information content (AvgIpc) is 2.76. The Morgan fingerprint density at radius 2 is 1.76 bits per heavy atom. The molecule has 2 N–H and O–H groups in total. The Kier molecular flexibility index (Phi) is 3.88. The van der Waals surface area contributed by atoms with Crippen LogP contribution in [0.4, 0.5) is 0 Å². The molecule has 0 amide bonds. The third-order valence-electron chi connectivity index (χ3n) is 2.74. The lowest BCUT2D eigenvalue weighted by Gasteiger charge is -2.02. The summed E-state index contributed by atoms with van der Waals surface area (Å²) in [6.07, 6.45) is 2.36. The molecule has 0 bridgehead atoms. The predicted octanol–water partition coefficient (Wildman–Crippen LogP) is 1.66. The second-order valence-electron chi connectivity index (χ2n) is 4.05. The van der Waals surface area contributed by atoms with E-state index in [4.69, 9.17) is 10.2 Å². The molecular weight excluding hydrogens is 214 g/mol. The number of hydrogen-bond acceptors (Lipinski definition) is 4. The molecule has 2 aromatic rings. The van der Waals surface area contributed by atoms with Gasteiger partial charge in [0, 0.05) is 19.4 Å². The summed E-state index contributed by atoms with van der Waals surface area (Å²) in [7, 11) is 0. The van der Waals surface area contributed by atoms with Gasteiger partial charge in [-0.05, 0) is 24.5 Å². The van der Waals surface area contributed by atoms with Crippen molar-refractivity contribution in [1.82, 2.24) is 10.2 Å². The van der Waals surface area contributed by atoms with Crippen molar-refractivity contribution in [3.05, 3.63) is 47.2 Å². The van der Waals surface area contributed by atoms with E-state index in [2.05, 4.69) is 35.3 Å². The second kappa shape index (κ2) is 5.59. The van der Waals surface area contributed by atoms with E-state index in [-0.39, 0.29) is 0 Å². The summed E-state index contributed by atoms with van der Waals surface area (Å²) in [6.45, 7) is 2.66. The minimum Gasteiger partial charge on any atom is -0.425 e. The first-order valence-corrected chi connectivity index (χ1v) is 5.85. The molecule has 1 heterocycles. The van der Waals surface area contributed by atoms with Crippen LogP contribution >= 0.6 is 0 Å². The van der Waals surface area contributed by atoms with Gasteiger partial charge < -0.3 is 10.2 Å². The van der Waals surface area contributed by atoms with Crippen LogP contribution in [0.25, 0.3) is 0 Å². The summed E-state index contributed by atoms with van der Waals surface area (Å²) in [5, 5.41) is 7.95. The molecule has 0 aliphatic heterocycles. The lowest BCUT2D eigenvalue weighted by molar-refractivity contribution is 0.449. The van der Waals surface area contributed by atoms with Crippen LogP contribution in [-0.2, 0) is 19.3 Å². The topological polar surface area (TPSA) is 64.9 Å². The van der Waals surface area contributed by atoms with E-state index >= 15 is 0 Å². The van der Waals surface area contributed by atoms with Gasteiger partial charge in [0.1, 0.15) is 0 Å². The number of nitrogens with two attached hydrogens (primary N) is 1. The van der Waals surface area contributed by atoms with Crippen molar-refractivity contribution in [2.75, 3.05) is 6.54 Å². The molecule has 0 aliphatic carbocycles. The first-order chi connectivity index (χ1) is 8.29. The number of rotatable bonds is 5. The summed E-state index contributed by atoms with van der Waals surface area (Å²) >= 11 is 0. The van der Waals surface area contributed by atoms with Gasteiger partial charge in [-0.25, -0.2) is 0 Å². The molecule has 1 aromatic carbocycles. The summed E-state index contributed by atoms with van der Waals surface area (Å²) in [4.78, 5) is 0. The Morgan fingerprint density at radius 3 is 2.47 bits per heavy atom. The highest BCUT2D eigenvalue weighted by atomic mass is 16.4. The Labute approximate surface area is 101 Å². The zero-order chi connectivity index (χ0) is 12.1. The maximum absolute atomic E-state index is 5.48. The zero-order valence-corrected chi connectivity index (χ0v) is 10.0. The molecule has 90 valence electrons. The van der Waals surface area contributed by atoms with Crippen LogP contribution in [0.5, 0.6) is 0 Å². The Balaban J connectivity index is 1.95. The molecule has 0 unspecified atom stereocenters. The van der Waals surface area contributed by atoms with Gasteiger partial charge >= 0.3 is 0 Å². The molecule has 0 radical (unpaired) electrons. The standard InChI is InChI=1S/C13H17N3O/c1-10-4-2-3-5-11(10)6-7-12-15-16-13(17-12)8-9-14/h2-5H,6-9,14H2,1H3. The van der Waals surface area contributed by atoms with Gasteiger partial charge in [-0.2, -0.15) is 0 Å². The fourth-order valence-corrected chi connectivity index (χ4v) is 1.75. The van der Waals surface area contributed by atoms with Crippen molar-refractivity contribution in [2.45, 2.75) is 26.2 Å². The molecule has 0 fully saturated rings. The molecular formula is C13H17N3O. The zero-order valence-electron chi connectivity index (χ0n) is 10.0. The fourth-order valence-electron chi connectivity index (χ4n) is 1.75. The summed E-state index contributed by atoms with van der Waals surface area (Å²) in [6, 6.07) is 8.34. The quantitative estimate of drug-likeness (QED) is 0.850. The number of aryl methyl sites for hydroxylation is 3. The van der Waals surface area contributed by atoms with Crippen LogP contribution in [0, 0.1) is 6.92 Å².